The van der Waals surface area contributed by atoms with E-state index in [4.69, 9.17) is 0 Å². The lowest BCUT2D eigenvalue weighted by molar-refractivity contribution is 0.475. The Bertz CT molecular complexity index is 551. The molecule has 0 atom stereocenters. The van der Waals surface area contributed by atoms with Crippen molar-refractivity contribution in [3.63, 3.8) is 0 Å². The van der Waals surface area contributed by atoms with E-state index in [2.05, 4.69) is 49.1 Å². The van der Waals surface area contributed by atoms with Gasteiger partial charge in [0.2, 0.25) is 0 Å². The Hall–Kier alpha value is -2.22. The standard InChI is InChI=1S/C18H21NO/c1-3-19(4-2)17-11-7-15(8-12-17)5-6-16-9-13-18(20)14-10-16/h5-14,20H,3-4H2,1-2H3. The summed E-state index contributed by atoms with van der Waals surface area (Å²) in [5, 5.41) is 9.24. The Labute approximate surface area is 121 Å². The molecule has 2 aromatic carbocycles. The van der Waals surface area contributed by atoms with Crippen molar-refractivity contribution in [1.82, 2.24) is 0 Å². The van der Waals surface area contributed by atoms with Gasteiger partial charge >= 0.3 is 0 Å². The fourth-order valence-electron chi connectivity index (χ4n) is 2.16. The molecule has 0 aromatic heterocycles. The third kappa shape index (κ3) is 3.64. The van der Waals surface area contributed by atoms with Gasteiger partial charge < -0.3 is 10.0 Å². The molecule has 20 heavy (non-hydrogen) atoms. The van der Waals surface area contributed by atoms with Crippen LogP contribution in [0.5, 0.6) is 5.75 Å². The van der Waals surface area contributed by atoms with E-state index >= 15 is 0 Å². The molecule has 0 aliphatic carbocycles. The molecule has 0 unspecified atom stereocenters. The van der Waals surface area contributed by atoms with E-state index < -0.39 is 0 Å². The number of phenolic OH excluding ortho intramolecular Hbond substituents is 1. The Balaban J connectivity index is 2.08. The van der Waals surface area contributed by atoms with Crippen LogP contribution in [0.1, 0.15) is 25.0 Å². The van der Waals surface area contributed by atoms with E-state index in [0.717, 1.165) is 18.7 Å². The van der Waals surface area contributed by atoms with E-state index in [1.54, 1.807) is 12.1 Å². The molecular weight excluding hydrogens is 246 g/mol. The molecule has 0 amide bonds. The zero-order chi connectivity index (χ0) is 14.4. The molecule has 0 aliphatic rings. The first-order valence-corrected chi connectivity index (χ1v) is 7.05. The summed E-state index contributed by atoms with van der Waals surface area (Å²) in [5.41, 5.74) is 3.52. The first-order valence-electron chi connectivity index (χ1n) is 7.05. The Morgan fingerprint density at radius 2 is 1.25 bits per heavy atom. The lowest BCUT2D eigenvalue weighted by Gasteiger charge is -2.20. The number of benzene rings is 2. The van der Waals surface area contributed by atoms with Crippen molar-refractivity contribution in [2.24, 2.45) is 0 Å². The molecule has 0 spiro atoms. The SMILES string of the molecule is CCN(CC)c1ccc(C=Cc2ccc(O)cc2)cc1. The zero-order valence-corrected chi connectivity index (χ0v) is 12.1. The molecule has 2 aromatic rings. The molecule has 0 bridgehead atoms. The van der Waals surface area contributed by atoms with Gasteiger partial charge in [-0.2, -0.15) is 0 Å². The van der Waals surface area contributed by atoms with Crippen LogP contribution < -0.4 is 4.90 Å². The van der Waals surface area contributed by atoms with Gasteiger partial charge in [-0.25, -0.2) is 0 Å². The van der Waals surface area contributed by atoms with Crippen molar-refractivity contribution in [1.29, 1.82) is 0 Å². The minimum atomic E-state index is 0.297. The van der Waals surface area contributed by atoms with Crippen LogP contribution in [0.15, 0.2) is 48.5 Å². The molecule has 0 aliphatic heterocycles. The van der Waals surface area contributed by atoms with Crippen molar-refractivity contribution >= 4 is 17.8 Å². The summed E-state index contributed by atoms with van der Waals surface area (Å²) in [7, 11) is 0. The molecule has 1 N–H and O–H groups in total. The predicted octanol–water partition coefficient (Wildman–Crippen LogP) is 4.41. The topological polar surface area (TPSA) is 23.5 Å². The van der Waals surface area contributed by atoms with Gasteiger partial charge in [-0.15, -0.1) is 0 Å². The summed E-state index contributed by atoms with van der Waals surface area (Å²) in [6.45, 7) is 6.39. The van der Waals surface area contributed by atoms with Crippen LogP contribution in [-0.4, -0.2) is 18.2 Å². The van der Waals surface area contributed by atoms with Crippen molar-refractivity contribution in [2.45, 2.75) is 13.8 Å². The minimum absolute atomic E-state index is 0.297. The van der Waals surface area contributed by atoms with Crippen LogP contribution in [0.25, 0.3) is 12.2 Å². The molecule has 0 heterocycles. The van der Waals surface area contributed by atoms with Crippen LogP contribution >= 0.6 is 0 Å². The van der Waals surface area contributed by atoms with Crippen LogP contribution in [0.2, 0.25) is 0 Å². The summed E-state index contributed by atoms with van der Waals surface area (Å²) >= 11 is 0. The third-order valence-corrected chi connectivity index (χ3v) is 3.38. The van der Waals surface area contributed by atoms with Gasteiger partial charge in [-0.05, 0) is 49.2 Å². The quantitative estimate of drug-likeness (QED) is 0.811. The van der Waals surface area contributed by atoms with Crippen LogP contribution in [0.4, 0.5) is 5.69 Å². The average Bonchev–Trinajstić information content (AvgIpc) is 2.49. The molecule has 2 rings (SSSR count). The van der Waals surface area contributed by atoms with E-state index in [-0.39, 0.29) is 0 Å². The second-order valence-electron chi connectivity index (χ2n) is 4.69. The number of aromatic hydroxyl groups is 1. The maximum absolute atomic E-state index is 9.24. The Morgan fingerprint density at radius 1 is 0.800 bits per heavy atom. The van der Waals surface area contributed by atoms with Gasteiger partial charge in [0.25, 0.3) is 0 Å². The van der Waals surface area contributed by atoms with E-state index in [0.29, 0.717) is 5.75 Å². The molecule has 2 heteroatoms. The Kier molecular flexibility index (Phi) is 4.83. The lowest BCUT2D eigenvalue weighted by Crippen LogP contribution is -2.21. The van der Waals surface area contributed by atoms with Gasteiger partial charge in [0.15, 0.2) is 0 Å². The highest BCUT2D eigenvalue weighted by atomic mass is 16.3. The highest BCUT2D eigenvalue weighted by Crippen LogP contribution is 2.17. The first kappa shape index (κ1) is 14.2. The summed E-state index contributed by atoms with van der Waals surface area (Å²) < 4.78 is 0. The molecule has 104 valence electrons. The normalized spacial score (nSPS) is 10.9. The summed E-state index contributed by atoms with van der Waals surface area (Å²) in [4.78, 5) is 2.33. The fraction of sp³-hybridized carbons (Fsp3) is 0.222. The van der Waals surface area contributed by atoms with Crippen LogP contribution in [0.3, 0.4) is 0 Å². The van der Waals surface area contributed by atoms with Gasteiger partial charge in [-0.3, -0.25) is 0 Å². The number of rotatable bonds is 5. The number of hydrogen-bond donors (Lipinski definition) is 1. The minimum Gasteiger partial charge on any atom is -0.508 e. The predicted molar refractivity (Wildman–Crippen MR) is 87.0 cm³/mol. The summed E-state index contributed by atoms with van der Waals surface area (Å²) in [6, 6.07) is 15.8. The Morgan fingerprint density at radius 3 is 1.70 bits per heavy atom. The smallest absolute Gasteiger partial charge is 0.115 e. The second-order valence-corrected chi connectivity index (χ2v) is 4.69. The van der Waals surface area contributed by atoms with Crippen LogP contribution in [0, 0.1) is 0 Å². The van der Waals surface area contributed by atoms with Gasteiger partial charge in [0, 0.05) is 18.8 Å². The maximum atomic E-state index is 9.24. The zero-order valence-electron chi connectivity index (χ0n) is 12.1. The van der Waals surface area contributed by atoms with Crippen molar-refractivity contribution < 1.29 is 5.11 Å². The van der Waals surface area contributed by atoms with E-state index in [1.807, 2.05) is 18.2 Å². The van der Waals surface area contributed by atoms with E-state index in [1.165, 1.54) is 11.3 Å². The molecule has 0 fully saturated rings. The maximum Gasteiger partial charge on any atom is 0.115 e. The van der Waals surface area contributed by atoms with Gasteiger partial charge in [-0.1, -0.05) is 36.4 Å². The molecule has 0 radical (unpaired) electrons. The molecule has 0 saturated carbocycles. The van der Waals surface area contributed by atoms with Crippen LogP contribution in [-0.2, 0) is 0 Å². The number of hydrogen-bond acceptors (Lipinski definition) is 2. The summed E-state index contributed by atoms with van der Waals surface area (Å²) in [6.07, 6.45) is 4.13. The molecule has 0 saturated heterocycles. The van der Waals surface area contributed by atoms with Gasteiger partial charge in [0.1, 0.15) is 5.75 Å². The number of phenols is 1. The van der Waals surface area contributed by atoms with E-state index in [9.17, 15) is 5.11 Å². The third-order valence-electron chi connectivity index (χ3n) is 3.38. The fourth-order valence-corrected chi connectivity index (χ4v) is 2.16. The highest BCUT2D eigenvalue weighted by Gasteiger charge is 2.00. The second kappa shape index (κ2) is 6.80. The molecule has 2 nitrogen and oxygen atoms in total. The van der Waals surface area contributed by atoms with Crippen molar-refractivity contribution in [3.05, 3.63) is 59.7 Å². The monoisotopic (exact) mass is 267 g/mol. The first-order chi connectivity index (χ1) is 9.72. The summed E-state index contributed by atoms with van der Waals surface area (Å²) in [5.74, 6) is 0.297. The average molecular weight is 267 g/mol. The van der Waals surface area contributed by atoms with Gasteiger partial charge in [0.05, 0.1) is 0 Å². The number of nitrogens with zero attached hydrogens (tertiary/aromatic N) is 1. The largest absolute Gasteiger partial charge is 0.508 e. The van der Waals surface area contributed by atoms with Crippen molar-refractivity contribution in [3.8, 4) is 5.75 Å². The molecular formula is C18H21NO. The number of anilines is 1. The lowest BCUT2D eigenvalue weighted by atomic mass is 10.1. The van der Waals surface area contributed by atoms with Crippen molar-refractivity contribution in [2.75, 3.05) is 18.0 Å². The highest BCUT2D eigenvalue weighted by molar-refractivity contribution is 5.70.